The summed E-state index contributed by atoms with van der Waals surface area (Å²) in [5.41, 5.74) is 3.59. The molecule has 2 heterocycles. The topological polar surface area (TPSA) is 145 Å². The summed E-state index contributed by atoms with van der Waals surface area (Å²) in [6.45, 7) is 8.22. The van der Waals surface area contributed by atoms with Crippen molar-refractivity contribution in [2.45, 2.75) is 47.2 Å². The second kappa shape index (κ2) is 17.9. The van der Waals surface area contributed by atoms with Crippen molar-refractivity contribution in [1.82, 2.24) is 15.6 Å². The molecule has 0 bridgehead atoms. The molecule has 0 spiro atoms. The van der Waals surface area contributed by atoms with Crippen molar-refractivity contribution in [3.8, 4) is 0 Å². The van der Waals surface area contributed by atoms with E-state index in [4.69, 9.17) is 11.6 Å². The van der Waals surface area contributed by atoms with Gasteiger partial charge in [-0.15, -0.1) is 0 Å². The van der Waals surface area contributed by atoms with Crippen LogP contribution in [-0.4, -0.2) is 47.3 Å². The number of nitrogens with one attached hydrogen (secondary N) is 2. The van der Waals surface area contributed by atoms with E-state index in [-0.39, 0.29) is 35.5 Å². The van der Waals surface area contributed by atoms with E-state index in [9.17, 15) is 19.2 Å². The first kappa shape index (κ1) is 37.0. The number of hydrogen-bond donors (Lipinski definition) is 2. The van der Waals surface area contributed by atoms with Crippen LogP contribution >= 0.6 is 23.4 Å². The van der Waals surface area contributed by atoms with Crippen LogP contribution in [0.15, 0.2) is 64.6 Å². The van der Waals surface area contributed by atoms with E-state index in [2.05, 4.69) is 48.4 Å². The Bertz CT molecular complexity index is 1550. The van der Waals surface area contributed by atoms with Gasteiger partial charge in [-0.2, -0.15) is 0 Å². The van der Waals surface area contributed by atoms with E-state index in [0.717, 1.165) is 49.3 Å². The molecule has 1 fully saturated rings. The third kappa shape index (κ3) is 12.4. The summed E-state index contributed by atoms with van der Waals surface area (Å²) in [7, 11) is -1.59. The molecule has 1 aromatic heterocycles. The van der Waals surface area contributed by atoms with Gasteiger partial charge in [0.05, 0.1) is 21.1 Å². The molecule has 0 aliphatic carbocycles. The minimum Gasteiger partial charge on any atom is -0.642 e. The molecule has 225 valence electrons. The number of pyridine rings is 1. The average molecular weight is 648 g/mol. The van der Waals surface area contributed by atoms with Crippen LogP contribution in [-0.2, 0) is 39.7 Å². The van der Waals surface area contributed by atoms with Crippen molar-refractivity contribution >= 4 is 82.3 Å². The molecule has 2 N–H and O–H groups in total. The Morgan fingerprint density at radius 1 is 1.05 bits per heavy atom. The molecule has 0 atom stereocenters. The molecule has 1 saturated heterocycles. The summed E-state index contributed by atoms with van der Waals surface area (Å²) in [5.74, 6) is -2.31. The fraction of sp³-hybridized carbons (Fsp3) is 0.241. The van der Waals surface area contributed by atoms with Crippen molar-refractivity contribution in [1.29, 1.82) is 0 Å². The number of aromatic nitrogens is 1. The zero-order chi connectivity index (χ0) is 31.5. The number of thioether (sulfide) groups is 1. The van der Waals surface area contributed by atoms with Gasteiger partial charge in [-0.1, -0.05) is 43.6 Å². The first-order valence-electron chi connectivity index (χ1n) is 13.1. The second-order valence-corrected chi connectivity index (χ2v) is 10.8. The summed E-state index contributed by atoms with van der Waals surface area (Å²) < 4.78 is 13.0. The van der Waals surface area contributed by atoms with Crippen LogP contribution in [0, 0.1) is 0 Å². The minimum absolute atomic E-state index is 0. The predicted molar refractivity (Wildman–Crippen MR) is 167 cm³/mol. The third-order valence-electron chi connectivity index (χ3n) is 5.31. The maximum Gasteiger partial charge on any atom is 1.00 e. The van der Waals surface area contributed by atoms with Crippen LogP contribution in [0.2, 0.25) is 5.02 Å². The predicted octanol–water partition coefficient (Wildman–Crippen LogP) is 1.94. The molecule has 3 aromatic rings. The number of aliphatic imine (C=N–C) groups is 1. The fourth-order valence-corrected chi connectivity index (χ4v) is 4.47. The molecule has 1 amide bonds. The smallest absolute Gasteiger partial charge is 0.642 e. The normalized spacial score (nSPS) is 14.1. The van der Waals surface area contributed by atoms with Gasteiger partial charge < -0.3 is 24.6 Å². The van der Waals surface area contributed by atoms with E-state index >= 15 is 0 Å². The van der Waals surface area contributed by atoms with Gasteiger partial charge in [0.25, 0.3) is 23.8 Å². The number of rotatable bonds is 8. The van der Waals surface area contributed by atoms with Crippen molar-refractivity contribution < 1.29 is 62.7 Å². The number of amides is 1. The Hall–Kier alpha value is -3.20. The van der Waals surface area contributed by atoms with Gasteiger partial charge in [0, 0.05) is 44.9 Å². The number of hydrogen-bond acceptors (Lipinski definition) is 11. The number of nitrogens with zero attached hydrogens (tertiary/aromatic N) is 2. The zero-order valence-corrected chi connectivity index (χ0v) is 28.7. The number of amidine groups is 1. The second-order valence-electron chi connectivity index (χ2n) is 9.38. The van der Waals surface area contributed by atoms with Crippen molar-refractivity contribution in [2.75, 3.05) is 0 Å². The van der Waals surface area contributed by atoms with Gasteiger partial charge >= 0.3 is 36.9 Å². The largest absolute Gasteiger partial charge is 1.00 e. The summed E-state index contributed by atoms with van der Waals surface area (Å²) in [6.07, 6.45) is 3.63. The van der Waals surface area contributed by atoms with Gasteiger partial charge in [-0.05, 0) is 59.3 Å². The van der Waals surface area contributed by atoms with Crippen LogP contribution in [0.4, 0.5) is 5.69 Å². The number of carbonyl (C=O) groups is 4. The van der Waals surface area contributed by atoms with E-state index < -0.39 is 25.2 Å². The van der Waals surface area contributed by atoms with Crippen LogP contribution < -0.4 is 40.2 Å². The zero-order valence-electron chi connectivity index (χ0n) is 25.2. The van der Waals surface area contributed by atoms with Gasteiger partial charge in [0.15, 0.2) is 5.17 Å². The van der Waals surface area contributed by atoms with Crippen LogP contribution in [0.3, 0.4) is 0 Å². The van der Waals surface area contributed by atoms with Gasteiger partial charge in [0.1, 0.15) is 0 Å². The molecular formula is C29H30BClN4NaO7S. The van der Waals surface area contributed by atoms with Crippen LogP contribution in [0.5, 0.6) is 0 Å². The summed E-state index contributed by atoms with van der Waals surface area (Å²) in [5, 5.41) is 8.30. The average Bonchev–Trinajstić information content (AvgIpc) is 3.26. The molecule has 15 heteroatoms. The third-order valence-corrected chi connectivity index (χ3v) is 6.54. The standard InChI is InChI=1S/C23H21ClN4OS.C6H9BO6.Na/c1-14(2)26-13-16-5-7-18(24)20(11-16)27-23-28-22(29)21(30-23)12-15-6-8-19-17(10-15)4-3-9-25-19;1-4(8)11-7(12-5(2)9)13-6(3)10;/h3-12,14,26H,13H2,1-2H3,(H,27,28,29);1-3H3;/q;-1;+1. The van der Waals surface area contributed by atoms with E-state index in [1.807, 2.05) is 54.6 Å². The number of halogens is 1. The molecule has 1 aliphatic rings. The van der Waals surface area contributed by atoms with E-state index in [1.54, 1.807) is 6.20 Å². The molecule has 2 aromatic carbocycles. The van der Waals surface area contributed by atoms with Crippen molar-refractivity contribution in [2.24, 2.45) is 4.99 Å². The molecule has 1 aliphatic heterocycles. The van der Waals surface area contributed by atoms with Crippen LogP contribution in [0.1, 0.15) is 45.7 Å². The Morgan fingerprint density at radius 2 is 1.70 bits per heavy atom. The quantitative estimate of drug-likeness (QED) is 0.275. The van der Waals surface area contributed by atoms with Crippen molar-refractivity contribution in [3.63, 3.8) is 0 Å². The molecule has 4 rings (SSSR count). The maximum atomic E-state index is 12.4. The number of fused-ring (bicyclic) bond motifs is 1. The van der Waals surface area contributed by atoms with Crippen molar-refractivity contribution in [3.05, 3.63) is 75.8 Å². The summed E-state index contributed by atoms with van der Waals surface area (Å²) in [6, 6.07) is 16.0. The fourth-order valence-electron chi connectivity index (χ4n) is 3.48. The molecule has 0 unspecified atom stereocenters. The number of carbonyl (C=O) groups excluding carboxylic acids is 4. The first-order valence-corrected chi connectivity index (χ1v) is 14.3. The maximum absolute atomic E-state index is 12.4. The SMILES string of the molecule is CC(=O)O[B-](OC(C)=O)OC(C)=O.CC(C)NCc1ccc(Cl)c(N=C2NC(=O)C(=Cc3ccc4ncccc4c3)S2)c1.[Na+]. The molecule has 44 heavy (non-hydrogen) atoms. The minimum atomic E-state index is -1.59. The molecule has 11 nitrogen and oxygen atoms in total. The molecule has 0 saturated carbocycles. The van der Waals surface area contributed by atoms with Gasteiger partial charge in [-0.3, -0.25) is 24.2 Å². The van der Waals surface area contributed by atoms with E-state index in [1.165, 1.54) is 11.8 Å². The molecule has 1 radical (unpaired) electrons. The Labute approximate surface area is 287 Å². The number of benzene rings is 2. The van der Waals surface area contributed by atoms with E-state index in [0.29, 0.717) is 26.8 Å². The Kier molecular flexibility index (Phi) is 15.1. The summed E-state index contributed by atoms with van der Waals surface area (Å²) in [4.78, 5) is 53.2. The Morgan fingerprint density at radius 3 is 2.32 bits per heavy atom. The Balaban J connectivity index is 0.000000412. The van der Waals surface area contributed by atoms with Gasteiger partial charge in [0.2, 0.25) is 0 Å². The van der Waals surface area contributed by atoms with Gasteiger partial charge in [-0.25, -0.2) is 4.99 Å². The van der Waals surface area contributed by atoms with Crippen LogP contribution in [0.25, 0.3) is 17.0 Å². The monoisotopic (exact) mass is 647 g/mol. The molecular weight excluding hydrogens is 618 g/mol. The summed E-state index contributed by atoms with van der Waals surface area (Å²) >= 11 is 7.63. The first-order chi connectivity index (χ1) is 20.4.